The summed E-state index contributed by atoms with van der Waals surface area (Å²) in [6.45, 7) is 7.19. The summed E-state index contributed by atoms with van der Waals surface area (Å²) in [6.07, 6.45) is 3.24. The van der Waals surface area contributed by atoms with Crippen molar-refractivity contribution in [2.75, 3.05) is 33.0 Å². The van der Waals surface area contributed by atoms with E-state index in [4.69, 9.17) is 23.7 Å². The lowest BCUT2D eigenvalue weighted by Crippen LogP contribution is -2.30. The van der Waals surface area contributed by atoms with E-state index < -0.39 is 24.0 Å². The van der Waals surface area contributed by atoms with Crippen LogP contribution in [-0.4, -0.2) is 63.3 Å². The number of unbranched alkanes of at least 4 members (excludes halogenated alkanes) is 1. The standard InChI is InChI=1S/C23H28O9/c1-3-21(25)29-13-6-5-12-28-16-20(32-23(27)11-14-30-22(26)4-2)17-31-19-9-7-18(15-24)8-10-19/h3-4,7-10,15,20H,1-2,5-6,11-14,16-17H2. The molecule has 0 amide bonds. The maximum Gasteiger partial charge on any atom is 0.330 e. The number of esters is 3. The largest absolute Gasteiger partial charge is 0.490 e. The summed E-state index contributed by atoms with van der Waals surface area (Å²) >= 11 is 0. The first-order chi connectivity index (χ1) is 15.5. The first-order valence-electron chi connectivity index (χ1n) is 10.0. The van der Waals surface area contributed by atoms with Crippen molar-refractivity contribution in [1.82, 2.24) is 0 Å². The second-order valence-corrected chi connectivity index (χ2v) is 6.39. The van der Waals surface area contributed by atoms with Gasteiger partial charge in [0.2, 0.25) is 0 Å². The molecule has 9 nitrogen and oxygen atoms in total. The zero-order valence-electron chi connectivity index (χ0n) is 17.9. The number of aldehydes is 1. The number of benzene rings is 1. The molecule has 0 aliphatic carbocycles. The molecule has 1 aromatic carbocycles. The molecular weight excluding hydrogens is 420 g/mol. The third kappa shape index (κ3) is 12.3. The second kappa shape index (κ2) is 16.3. The van der Waals surface area contributed by atoms with Crippen LogP contribution in [0, 0.1) is 0 Å². The van der Waals surface area contributed by atoms with Gasteiger partial charge in [0.15, 0.2) is 6.10 Å². The third-order valence-electron chi connectivity index (χ3n) is 3.87. The van der Waals surface area contributed by atoms with Crippen molar-refractivity contribution in [3.05, 3.63) is 55.1 Å². The molecule has 0 aliphatic rings. The first-order valence-corrected chi connectivity index (χ1v) is 10.0. The minimum absolute atomic E-state index is 0.0234. The summed E-state index contributed by atoms with van der Waals surface area (Å²) in [7, 11) is 0. The van der Waals surface area contributed by atoms with Crippen LogP contribution in [0.5, 0.6) is 5.75 Å². The van der Waals surface area contributed by atoms with Crippen molar-refractivity contribution >= 4 is 24.2 Å². The Morgan fingerprint density at radius 3 is 2.12 bits per heavy atom. The number of carbonyl (C=O) groups is 4. The maximum atomic E-state index is 12.0. The van der Waals surface area contributed by atoms with Crippen LogP contribution in [0.4, 0.5) is 0 Å². The highest BCUT2D eigenvalue weighted by molar-refractivity contribution is 5.81. The van der Waals surface area contributed by atoms with Crippen molar-refractivity contribution < 1.29 is 42.9 Å². The molecule has 1 aromatic rings. The summed E-state index contributed by atoms with van der Waals surface area (Å²) in [5.41, 5.74) is 0.511. The van der Waals surface area contributed by atoms with E-state index in [1.54, 1.807) is 24.3 Å². The Kier molecular flexibility index (Phi) is 13.5. The van der Waals surface area contributed by atoms with Gasteiger partial charge in [0.25, 0.3) is 0 Å². The van der Waals surface area contributed by atoms with Gasteiger partial charge in [-0.1, -0.05) is 13.2 Å². The average molecular weight is 448 g/mol. The smallest absolute Gasteiger partial charge is 0.330 e. The van der Waals surface area contributed by atoms with E-state index in [0.717, 1.165) is 18.4 Å². The van der Waals surface area contributed by atoms with Crippen LogP contribution in [0.25, 0.3) is 0 Å². The summed E-state index contributed by atoms with van der Waals surface area (Å²) in [4.78, 5) is 44.8. The fraction of sp³-hybridized carbons (Fsp3) is 0.391. The van der Waals surface area contributed by atoms with Gasteiger partial charge in [-0.2, -0.15) is 0 Å². The quantitative estimate of drug-likeness (QED) is 0.116. The van der Waals surface area contributed by atoms with Crippen molar-refractivity contribution in [2.24, 2.45) is 0 Å². The molecule has 0 N–H and O–H groups in total. The Bertz CT molecular complexity index is 755. The topological polar surface area (TPSA) is 114 Å². The number of rotatable bonds is 17. The van der Waals surface area contributed by atoms with Crippen LogP contribution in [0.3, 0.4) is 0 Å². The van der Waals surface area contributed by atoms with E-state index in [9.17, 15) is 19.2 Å². The normalized spacial score (nSPS) is 11.0. The molecule has 32 heavy (non-hydrogen) atoms. The van der Waals surface area contributed by atoms with Gasteiger partial charge in [-0.15, -0.1) is 0 Å². The molecule has 0 aromatic heterocycles. The lowest BCUT2D eigenvalue weighted by atomic mass is 10.2. The van der Waals surface area contributed by atoms with Crippen molar-refractivity contribution in [1.29, 1.82) is 0 Å². The monoisotopic (exact) mass is 448 g/mol. The van der Waals surface area contributed by atoms with Gasteiger partial charge in [-0.25, -0.2) is 9.59 Å². The highest BCUT2D eigenvalue weighted by Gasteiger charge is 2.17. The first kappa shape index (κ1) is 26.6. The molecule has 1 unspecified atom stereocenters. The van der Waals surface area contributed by atoms with Crippen molar-refractivity contribution in [2.45, 2.75) is 25.4 Å². The summed E-state index contributed by atoms with van der Waals surface area (Å²) in [6, 6.07) is 6.46. The highest BCUT2D eigenvalue weighted by Crippen LogP contribution is 2.12. The lowest BCUT2D eigenvalue weighted by molar-refractivity contribution is -0.156. The fourth-order valence-electron chi connectivity index (χ4n) is 2.24. The Hall–Kier alpha value is -3.46. The van der Waals surface area contributed by atoms with E-state index in [2.05, 4.69) is 13.2 Å². The predicted octanol–water partition coefficient (Wildman–Crippen LogP) is 2.44. The second-order valence-electron chi connectivity index (χ2n) is 6.39. The minimum atomic E-state index is -0.707. The highest BCUT2D eigenvalue weighted by atomic mass is 16.6. The molecule has 1 rings (SSSR count). The maximum absolute atomic E-state index is 12.0. The number of carbonyl (C=O) groups excluding carboxylic acids is 4. The molecule has 0 fully saturated rings. The van der Waals surface area contributed by atoms with Gasteiger partial charge in [-0.05, 0) is 37.1 Å². The van der Waals surface area contributed by atoms with Gasteiger partial charge >= 0.3 is 17.9 Å². The van der Waals surface area contributed by atoms with Gasteiger partial charge in [0.05, 0.1) is 19.6 Å². The van der Waals surface area contributed by atoms with Gasteiger partial charge < -0.3 is 23.7 Å². The van der Waals surface area contributed by atoms with Crippen LogP contribution in [-0.2, 0) is 33.3 Å². The molecule has 0 heterocycles. The third-order valence-corrected chi connectivity index (χ3v) is 3.87. The molecule has 0 saturated heterocycles. The average Bonchev–Trinajstić information content (AvgIpc) is 2.81. The van der Waals surface area contributed by atoms with Gasteiger partial charge in [0.1, 0.15) is 25.2 Å². The van der Waals surface area contributed by atoms with Crippen molar-refractivity contribution in [3.8, 4) is 5.75 Å². The minimum Gasteiger partial charge on any atom is -0.490 e. The lowest BCUT2D eigenvalue weighted by Gasteiger charge is -2.19. The summed E-state index contributed by atoms with van der Waals surface area (Å²) < 4.78 is 26.2. The van der Waals surface area contributed by atoms with Crippen LogP contribution in [0.2, 0.25) is 0 Å². The summed E-state index contributed by atoms with van der Waals surface area (Å²) in [5, 5.41) is 0. The number of hydrogen-bond acceptors (Lipinski definition) is 9. The Morgan fingerprint density at radius 2 is 1.50 bits per heavy atom. The molecule has 0 aliphatic heterocycles. The van der Waals surface area contributed by atoms with E-state index in [1.165, 1.54) is 0 Å². The van der Waals surface area contributed by atoms with Crippen LogP contribution in [0.15, 0.2) is 49.6 Å². The Balaban J connectivity index is 2.45. The molecule has 174 valence electrons. The number of ether oxygens (including phenoxy) is 5. The molecule has 0 spiro atoms. The van der Waals surface area contributed by atoms with Crippen LogP contribution in [0.1, 0.15) is 29.6 Å². The SMILES string of the molecule is C=CC(=O)OCCCCOCC(COc1ccc(C=O)cc1)OC(=O)CCOC(=O)C=C. The zero-order chi connectivity index (χ0) is 23.6. The molecule has 0 saturated carbocycles. The molecule has 0 bridgehead atoms. The van der Waals surface area contributed by atoms with E-state index in [-0.39, 0.29) is 32.8 Å². The fourth-order valence-corrected chi connectivity index (χ4v) is 2.24. The molecule has 1 atom stereocenters. The number of hydrogen-bond donors (Lipinski definition) is 0. The summed E-state index contributed by atoms with van der Waals surface area (Å²) in [5.74, 6) is -1.18. The molecule has 9 heteroatoms. The zero-order valence-corrected chi connectivity index (χ0v) is 17.9. The van der Waals surface area contributed by atoms with E-state index in [0.29, 0.717) is 30.8 Å². The van der Waals surface area contributed by atoms with Crippen molar-refractivity contribution in [3.63, 3.8) is 0 Å². The van der Waals surface area contributed by atoms with Crippen LogP contribution < -0.4 is 4.74 Å². The van der Waals surface area contributed by atoms with E-state index >= 15 is 0 Å². The molecular formula is C23H28O9. The molecule has 0 radical (unpaired) electrons. The Morgan fingerprint density at radius 1 is 0.875 bits per heavy atom. The van der Waals surface area contributed by atoms with E-state index in [1.807, 2.05) is 0 Å². The van der Waals surface area contributed by atoms with Gasteiger partial charge in [-0.3, -0.25) is 9.59 Å². The Labute approximate surface area is 186 Å². The predicted molar refractivity (Wildman–Crippen MR) is 114 cm³/mol. The van der Waals surface area contributed by atoms with Gasteiger partial charge in [0, 0.05) is 24.3 Å². The van der Waals surface area contributed by atoms with Crippen LogP contribution >= 0.6 is 0 Å².